The van der Waals surface area contributed by atoms with Crippen molar-refractivity contribution in [3.05, 3.63) is 23.8 Å². The second-order valence-corrected chi connectivity index (χ2v) is 5.24. The summed E-state index contributed by atoms with van der Waals surface area (Å²) in [5.41, 5.74) is 6.88. The van der Waals surface area contributed by atoms with Crippen LogP contribution in [0.15, 0.2) is 18.2 Å². The number of carbonyl (C=O) groups excluding carboxylic acids is 1. The number of rotatable bonds is 5. The standard InChI is InChI=1S/C14H18N2O2S/c1-18-11-7-3-6-10(14(15)19)13(11)16-12(17)8-9-4-2-5-9/h3,6-7,9H,2,4-5,8H2,1H3,(H2,15,19)(H,16,17). The van der Waals surface area contributed by atoms with E-state index in [4.69, 9.17) is 22.7 Å². The molecule has 1 aliphatic rings. The van der Waals surface area contributed by atoms with Crippen molar-refractivity contribution in [3.8, 4) is 5.75 Å². The summed E-state index contributed by atoms with van der Waals surface area (Å²) >= 11 is 5.00. The van der Waals surface area contributed by atoms with Gasteiger partial charge in [0.15, 0.2) is 0 Å². The molecular weight excluding hydrogens is 260 g/mol. The first kappa shape index (κ1) is 13.8. The second kappa shape index (κ2) is 6.02. The minimum absolute atomic E-state index is 0.00769. The number of benzene rings is 1. The molecule has 19 heavy (non-hydrogen) atoms. The van der Waals surface area contributed by atoms with Gasteiger partial charge in [0.05, 0.1) is 12.8 Å². The molecule has 1 amide bonds. The minimum atomic E-state index is -0.00769. The van der Waals surface area contributed by atoms with Gasteiger partial charge in [-0.15, -0.1) is 0 Å². The number of carbonyl (C=O) groups is 1. The molecular formula is C14H18N2O2S. The lowest BCUT2D eigenvalue weighted by molar-refractivity contribution is -0.117. The number of hydrogen-bond donors (Lipinski definition) is 2. The number of nitrogens with one attached hydrogen (secondary N) is 1. The molecule has 1 saturated carbocycles. The molecule has 0 aliphatic heterocycles. The van der Waals surface area contributed by atoms with Crippen molar-refractivity contribution >= 4 is 28.8 Å². The lowest BCUT2D eigenvalue weighted by Gasteiger charge is -2.24. The zero-order valence-corrected chi connectivity index (χ0v) is 11.8. The van der Waals surface area contributed by atoms with E-state index in [1.54, 1.807) is 25.3 Å². The van der Waals surface area contributed by atoms with Gasteiger partial charge in [-0.05, 0) is 30.9 Å². The van der Waals surface area contributed by atoms with Crippen molar-refractivity contribution in [1.29, 1.82) is 0 Å². The number of anilines is 1. The van der Waals surface area contributed by atoms with Crippen LogP contribution in [0.1, 0.15) is 31.2 Å². The van der Waals surface area contributed by atoms with E-state index in [1.807, 2.05) is 0 Å². The van der Waals surface area contributed by atoms with Crippen LogP contribution in [0.25, 0.3) is 0 Å². The molecule has 0 saturated heterocycles. The Morgan fingerprint density at radius 3 is 2.79 bits per heavy atom. The van der Waals surface area contributed by atoms with Crippen molar-refractivity contribution in [3.63, 3.8) is 0 Å². The van der Waals surface area contributed by atoms with Gasteiger partial charge in [-0.1, -0.05) is 24.7 Å². The molecule has 0 aromatic heterocycles. The van der Waals surface area contributed by atoms with Crippen molar-refractivity contribution in [2.75, 3.05) is 12.4 Å². The molecule has 1 fully saturated rings. The van der Waals surface area contributed by atoms with Gasteiger partial charge in [0, 0.05) is 12.0 Å². The average molecular weight is 278 g/mol. The van der Waals surface area contributed by atoms with Crippen molar-refractivity contribution in [2.24, 2.45) is 11.7 Å². The topological polar surface area (TPSA) is 64.3 Å². The van der Waals surface area contributed by atoms with E-state index < -0.39 is 0 Å². The number of para-hydroxylation sites is 1. The Labute approximate surface area is 118 Å². The zero-order valence-electron chi connectivity index (χ0n) is 10.9. The lowest BCUT2D eigenvalue weighted by atomic mass is 9.83. The Balaban J connectivity index is 2.16. The Morgan fingerprint density at radius 1 is 1.53 bits per heavy atom. The quantitative estimate of drug-likeness (QED) is 0.812. The first-order valence-electron chi connectivity index (χ1n) is 6.38. The fraction of sp³-hybridized carbons (Fsp3) is 0.429. The van der Waals surface area contributed by atoms with Crippen LogP contribution < -0.4 is 15.8 Å². The van der Waals surface area contributed by atoms with Crippen molar-refractivity contribution < 1.29 is 9.53 Å². The van der Waals surface area contributed by atoms with Gasteiger partial charge in [0.25, 0.3) is 0 Å². The van der Waals surface area contributed by atoms with Gasteiger partial charge in [0.2, 0.25) is 5.91 Å². The summed E-state index contributed by atoms with van der Waals surface area (Å²) in [5, 5.41) is 2.88. The molecule has 0 atom stereocenters. The Kier molecular flexibility index (Phi) is 4.37. The highest BCUT2D eigenvalue weighted by Crippen LogP contribution is 2.32. The number of hydrogen-bond acceptors (Lipinski definition) is 3. The van der Waals surface area contributed by atoms with E-state index in [2.05, 4.69) is 5.32 Å². The molecule has 1 aliphatic carbocycles. The smallest absolute Gasteiger partial charge is 0.224 e. The van der Waals surface area contributed by atoms with Crippen LogP contribution in [0.2, 0.25) is 0 Å². The summed E-state index contributed by atoms with van der Waals surface area (Å²) < 4.78 is 5.25. The van der Waals surface area contributed by atoms with E-state index in [-0.39, 0.29) is 10.9 Å². The molecule has 2 rings (SSSR count). The van der Waals surface area contributed by atoms with Gasteiger partial charge in [0.1, 0.15) is 10.7 Å². The first-order chi connectivity index (χ1) is 9.11. The summed E-state index contributed by atoms with van der Waals surface area (Å²) in [7, 11) is 1.56. The van der Waals surface area contributed by atoms with E-state index in [0.29, 0.717) is 29.3 Å². The molecule has 5 heteroatoms. The number of amides is 1. The SMILES string of the molecule is COc1cccc(C(N)=S)c1NC(=O)CC1CCC1. The third-order valence-corrected chi connectivity index (χ3v) is 3.69. The summed E-state index contributed by atoms with van der Waals surface area (Å²) in [6.45, 7) is 0. The summed E-state index contributed by atoms with van der Waals surface area (Å²) in [6, 6.07) is 5.36. The molecule has 0 heterocycles. The average Bonchev–Trinajstić information content (AvgIpc) is 2.34. The first-order valence-corrected chi connectivity index (χ1v) is 6.79. The van der Waals surface area contributed by atoms with Crippen molar-refractivity contribution in [1.82, 2.24) is 0 Å². The van der Waals surface area contributed by atoms with Crippen LogP contribution in [0.5, 0.6) is 5.75 Å². The molecule has 3 N–H and O–H groups in total. The van der Waals surface area contributed by atoms with E-state index >= 15 is 0 Å². The predicted molar refractivity (Wildman–Crippen MR) is 79.5 cm³/mol. The van der Waals surface area contributed by atoms with Gasteiger partial charge in [-0.25, -0.2) is 0 Å². The highest BCUT2D eigenvalue weighted by atomic mass is 32.1. The van der Waals surface area contributed by atoms with E-state index in [0.717, 1.165) is 12.8 Å². The minimum Gasteiger partial charge on any atom is -0.495 e. The summed E-state index contributed by atoms with van der Waals surface area (Å²) in [4.78, 5) is 12.3. The zero-order chi connectivity index (χ0) is 13.8. The lowest BCUT2D eigenvalue weighted by Crippen LogP contribution is -2.23. The molecule has 0 radical (unpaired) electrons. The normalized spacial score (nSPS) is 14.6. The fourth-order valence-corrected chi connectivity index (χ4v) is 2.36. The fourth-order valence-electron chi connectivity index (χ4n) is 2.19. The van der Waals surface area contributed by atoms with Crippen LogP contribution in [-0.2, 0) is 4.79 Å². The van der Waals surface area contributed by atoms with Gasteiger partial charge < -0.3 is 15.8 Å². The van der Waals surface area contributed by atoms with Crippen LogP contribution in [0, 0.1) is 5.92 Å². The predicted octanol–water partition coefficient (Wildman–Crippen LogP) is 2.46. The number of nitrogens with two attached hydrogens (primary N) is 1. The van der Waals surface area contributed by atoms with E-state index in [9.17, 15) is 4.79 Å². The maximum absolute atomic E-state index is 12.0. The van der Waals surface area contributed by atoms with Crippen LogP contribution in [0.4, 0.5) is 5.69 Å². The van der Waals surface area contributed by atoms with Gasteiger partial charge in [-0.2, -0.15) is 0 Å². The summed E-state index contributed by atoms with van der Waals surface area (Å²) in [5.74, 6) is 1.09. The van der Waals surface area contributed by atoms with Crippen molar-refractivity contribution in [2.45, 2.75) is 25.7 Å². The number of methoxy groups -OCH3 is 1. The molecule has 0 unspecified atom stereocenters. The highest BCUT2D eigenvalue weighted by molar-refractivity contribution is 7.80. The van der Waals surface area contributed by atoms with Crippen LogP contribution in [0.3, 0.4) is 0 Å². The van der Waals surface area contributed by atoms with Crippen LogP contribution >= 0.6 is 12.2 Å². The monoisotopic (exact) mass is 278 g/mol. The molecule has 0 bridgehead atoms. The highest BCUT2D eigenvalue weighted by Gasteiger charge is 2.22. The molecule has 4 nitrogen and oxygen atoms in total. The van der Waals surface area contributed by atoms with Gasteiger partial charge >= 0.3 is 0 Å². The largest absolute Gasteiger partial charge is 0.495 e. The molecule has 102 valence electrons. The molecule has 0 spiro atoms. The van der Waals surface area contributed by atoms with Gasteiger partial charge in [-0.3, -0.25) is 4.79 Å². The Morgan fingerprint density at radius 2 is 2.26 bits per heavy atom. The maximum Gasteiger partial charge on any atom is 0.224 e. The number of thiocarbonyl (C=S) groups is 1. The molecule has 1 aromatic rings. The van der Waals surface area contributed by atoms with Crippen LogP contribution in [-0.4, -0.2) is 18.0 Å². The Bertz CT molecular complexity index is 498. The second-order valence-electron chi connectivity index (χ2n) is 4.80. The summed E-state index contributed by atoms with van der Waals surface area (Å²) in [6.07, 6.45) is 4.06. The number of ether oxygens (including phenoxy) is 1. The molecule has 1 aromatic carbocycles. The maximum atomic E-state index is 12.0. The Hall–Kier alpha value is -1.62. The third-order valence-electron chi connectivity index (χ3n) is 3.47. The third kappa shape index (κ3) is 3.23. The van der Waals surface area contributed by atoms with E-state index in [1.165, 1.54) is 6.42 Å².